The van der Waals surface area contributed by atoms with Crippen LogP contribution in [0.5, 0.6) is 5.75 Å². The average molecular weight is 258 g/mol. The summed E-state index contributed by atoms with van der Waals surface area (Å²) in [6.07, 6.45) is 0. The second-order valence-corrected chi connectivity index (χ2v) is 3.70. The van der Waals surface area contributed by atoms with Crippen molar-refractivity contribution in [3.05, 3.63) is 27.7 Å². The zero-order valence-corrected chi connectivity index (χ0v) is 10.4. The molecule has 1 aliphatic rings. The second kappa shape index (κ2) is 5.37. The van der Waals surface area contributed by atoms with Crippen molar-refractivity contribution in [1.82, 2.24) is 5.32 Å². The SMILES string of the molecule is CC.COc1cc(Br)c2c(c1)CNC2. The molecule has 1 aliphatic heterocycles. The molecule has 1 heterocycles. The van der Waals surface area contributed by atoms with Crippen LogP contribution in [-0.4, -0.2) is 7.11 Å². The van der Waals surface area contributed by atoms with Gasteiger partial charge in [-0.3, -0.25) is 0 Å². The van der Waals surface area contributed by atoms with Crippen LogP contribution < -0.4 is 10.1 Å². The molecule has 1 aromatic rings. The largest absolute Gasteiger partial charge is 0.497 e. The van der Waals surface area contributed by atoms with Gasteiger partial charge < -0.3 is 10.1 Å². The molecule has 0 saturated carbocycles. The lowest BCUT2D eigenvalue weighted by Gasteiger charge is -2.05. The van der Waals surface area contributed by atoms with Crippen molar-refractivity contribution in [2.45, 2.75) is 26.9 Å². The van der Waals surface area contributed by atoms with E-state index in [1.807, 2.05) is 19.9 Å². The summed E-state index contributed by atoms with van der Waals surface area (Å²) in [5.74, 6) is 0.921. The normalized spacial score (nSPS) is 12.9. The van der Waals surface area contributed by atoms with Gasteiger partial charge in [0, 0.05) is 17.6 Å². The van der Waals surface area contributed by atoms with Crippen LogP contribution in [0.2, 0.25) is 0 Å². The summed E-state index contributed by atoms with van der Waals surface area (Å²) in [4.78, 5) is 0. The fourth-order valence-corrected chi connectivity index (χ4v) is 2.08. The lowest BCUT2D eigenvalue weighted by atomic mass is 10.1. The first kappa shape index (κ1) is 11.5. The Balaban J connectivity index is 0.000000461. The molecule has 0 spiro atoms. The van der Waals surface area contributed by atoms with Crippen LogP contribution in [0.1, 0.15) is 25.0 Å². The third kappa shape index (κ3) is 2.28. The smallest absolute Gasteiger partial charge is 0.120 e. The van der Waals surface area contributed by atoms with E-state index in [1.165, 1.54) is 11.1 Å². The van der Waals surface area contributed by atoms with Crippen molar-refractivity contribution in [2.24, 2.45) is 0 Å². The van der Waals surface area contributed by atoms with Gasteiger partial charge in [-0.15, -0.1) is 0 Å². The van der Waals surface area contributed by atoms with Gasteiger partial charge in [-0.05, 0) is 23.3 Å². The number of rotatable bonds is 1. The number of ether oxygens (including phenoxy) is 1. The minimum atomic E-state index is 0.921. The molecule has 0 unspecified atom stereocenters. The van der Waals surface area contributed by atoms with Gasteiger partial charge in [0.15, 0.2) is 0 Å². The Labute approximate surface area is 93.8 Å². The van der Waals surface area contributed by atoms with Gasteiger partial charge in [0.05, 0.1) is 7.11 Å². The second-order valence-electron chi connectivity index (χ2n) is 2.85. The molecule has 0 fully saturated rings. The summed E-state index contributed by atoms with van der Waals surface area (Å²) in [5, 5.41) is 3.29. The van der Waals surface area contributed by atoms with Gasteiger partial charge in [-0.2, -0.15) is 0 Å². The van der Waals surface area contributed by atoms with E-state index in [2.05, 4.69) is 27.3 Å². The highest BCUT2D eigenvalue weighted by Gasteiger charge is 2.14. The predicted octanol–water partition coefficient (Wildman–Crippen LogP) is 3.09. The van der Waals surface area contributed by atoms with Gasteiger partial charge in [0.2, 0.25) is 0 Å². The number of halogens is 1. The first-order chi connectivity index (χ1) is 6.81. The van der Waals surface area contributed by atoms with E-state index in [1.54, 1.807) is 7.11 Å². The van der Waals surface area contributed by atoms with Gasteiger partial charge in [-0.1, -0.05) is 29.8 Å². The molecular weight excluding hydrogens is 242 g/mol. The molecule has 0 amide bonds. The molecule has 0 bridgehead atoms. The van der Waals surface area contributed by atoms with Crippen LogP contribution in [0.15, 0.2) is 16.6 Å². The van der Waals surface area contributed by atoms with Crippen LogP contribution >= 0.6 is 15.9 Å². The Morgan fingerprint density at radius 2 is 2.00 bits per heavy atom. The topological polar surface area (TPSA) is 21.3 Å². The summed E-state index contributed by atoms with van der Waals surface area (Å²) in [6, 6.07) is 4.09. The highest BCUT2D eigenvalue weighted by Crippen LogP contribution is 2.29. The first-order valence-electron chi connectivity index (χ1n) is 4.87. The van der Waals surface area contributed by atoms with E-state index in [-0.39, 0.29) is 0 Å². The van der Waals surface area contributed by atoms with Crippen LogP contribution in [0.4, 0.5) is 0 Å². The summed E-state index contributed by atoms with van der Waals surface area (Å²) < 4.78 is 6.30. The zero-order chi connectivity index (χ0) is 10.6. The number of methoxy groups -OCH3 is 1. The number of nitrogens with one attached hydrogen (secondary N) is 1. The summed E-state index contributed by atoms with van der Waals surface area (Å²) in [7, 11) is 1.69. The highest BCUT2D eigenvalue weighted by atomic mass is 79.9. The lowest BCUT2D eigenvalue weighted by molar-refractivity contribution is 0.414. The van der Waals surface area contributed by atoms with Crippen molar-refractivity contribution < 1.29 is 4.74 Å². The molecule has 0 aliphatic carbocycles. The zero-order valence-electron chi connectivity index (χ0n) is 8.86. The third-order valence-corrected chi connectivity index (χ3v) is 2.82. The third-order valence-electron chi connectivity index (χ3n) is 2.11. The van der Waals surface area contributed by atoms with Gasteiger partial charge in [0.25, 0.3) is 0 Å². The first-order valence-corrected chi connectivity index (χ1v) is 5.66. The Kier molecular flexibility index (Phi) is 4.42. The van der Waals surface area contributed by atoms with Gasteiger partial charge in [-0.25, -0.2) is 0 Å². The molecule has 2 nitrogen and oxygen atoms in total. The molecule has 0 aromatic heterocycles. The maximum absolute atomic E-state index is 5.16. The van der Waals surface area contributed by atoms with E-state index in [0.29, 0.717) is 0 Å². The van der Waals surface area contributed by atoms with Crippen LogP contribution in [0.25, 0.3) is 0 Å². The summed E-state index contributed by atoms with van der Waals surface area (Å²) in [5.41, 5.74) is 2.69. The maximum atomic E-state index is 5.16. The Morgan fingerprint density at radius 1 is 1.29 bits per heavy atom. The highest BCUT2D eigenvalue weighted by molar-refractivity contribution is 9.10. The van der Waals surface area contributed by atoms with E-state index in [4.69, 9.17) is 4.74 Å². The standard InChI is InChI=1S/C9H10BrNO.C2H6/c1-12-7-2-6-4-11-5-8(6)9(10)3-7;1-2/h2-3,11H,4-5H2,1H3;1-2H3. The van der Waals surface area contributed by atoms with Crippen molar-refractivity contribution in [3.63, 3.8) is 0 Å². The summed E-state index contributed by atoms with van der Waals surface area (Å²) in [6.45, 7) is 5.91. The molecule has 14 heavy (non-hydrogen) atoms. The number of hydrogen-bond donors (Lipinski definition) is 1. The number of fused-ring (bicyclic) bond motifs is 1. The van der Waals surface area contributed by atoms with Crippen LogP contribution in [0, 0.1) is 0 Å². The van der Waals surface area contributed by atoms with Crippen molar-refractivity contribution >= 4 is 15.9 Å². The molecule has 3 heteroatoms. The molecule has 1 N–H and O–H groups in total. The number of hydrogen-bond acceptors (Lipinski definition) is 2. The van der Waals surface area contributed by atoms with Crippen LogP contribution in [-0.2, 0) is 13.1 Å². The Bertz CT molecular complexity index is 312. The maximum Gasteiger partial charge on any atom is 0.120 e. The van der Waals surface area contributed by atoms with E-state index in [9.17, 15) is 0 Å². The molecule has 0 saturated heterocycles. The quantitative estimate of drug-likeness (QED) is 0.835. The molecule has 2 rings (SSSR count). The molecule has 0 atom stereocenters. The Hall–Kier alpha value is -0.540. The predicted molar refractivity (Wildman–Crippen MR) is 62.6 cm³/mol. The van der Waals surface area contributed by atoms with E-state index in [0.717, 1.165) is 23.3 Å². The minimum absolute atomic E-state index is 0.921. The fraction of sp³-hybridized carbons (Fsp3) is 0.455. The average Bonchev–Trinajstić information content (AvgIpc) is 2.69. The van der Waals surface area contributed by atoms with Gasteiger partial charge >= 0.3 is 0 Å². The van der Waals surface area contributed by atoms with E-state index >= 15 is 0 Å². The van der Waals surface area contributed by atoms with Crippen molar-refractivity contribution in [3.8, 4) is 5.75 Å². The monoisotopic (exact) mass is 257 g/mol. The lowest BCUT2D eigenvalue weighted by Crippen LogP contribution is -2.00. The number of benzene rings is 1. The van der Waals surface area contributed by atoms with E-state index < -0.39 is 0 Å². The summed E-state index contributed by atoms with van der Waals surface area (Å²) >= 11 is 3.52. The Morgan fingerprint density at radius 3 is 2.64 bits per heavy atom. The molecule has 0 radical (unpaired) electrons. The minimum Gasteiger partial charge on any atom is -0.497 e. The molecular formula is C11H16BrNO. The van der Waals surface area contributed by atoms with Crippen LogP contribution in [0.3, 0.4) is 0 Å². The molecule has 1 aromatic carbocycles. The van der Waals surface area contributed by atoms with Gasteiger partial charge in [0.1, 0.15) is 5.75 Å². The fourth-order valence-electron chi connectivity index (χ4n) is 1.46. The molecule has 78 valence electrons. The van der Waals surface area contributed by atoms with Crippen molar-refractivity contribution in [2.75, 3.05) is 7.11 Å². The van der Waals surface area contributed by atoms with Crippen molar-refractivity contribution in [1.29, 1.82) is 0 Å².